The molecule has 3 aromatic rings. The lowest BCUT2D eigenvalue weighted by molar-refractivity contribution is -0.385. The predicted molar refractivity (Wildman–Crippen MR) is 111 cm³/mol. The van der Waals surface area contributed by atoms with Crippen molar-refractivity contribution >= 4 is 17.8 Å². The summed E-state index contributed by atoms with van der Waals surface area (Å²) in [7, 11) is 0. The van der Waals surface area contributed by atoms with Crippen LogP contribution in [-0.4, -0.2) is 26.7 Å². The lowest BCUT2D eigenvalue weighted by Crippen LogP contribution is -2.30. The van der Waals surface area contributed by atoms with Crippen LogP contribution in [0.1, 0.15) is 27.0 Å². The average Bonchev–Trinajstić information content (AvgIpc) is 2.72. The molecule has 9 nitrogen and oxygen atoms in total. The number of hydrogen-bond acceptors (Lipinski definition) is 6. The van der Waals surface area contributed by atoms with E-state index in [9.17, 15) is 24.8 Å². The number of nitrogens with zero attached hydrogens (tertiary/aromatic N) is 3. The third kappa shape index (κ3) is 4.76. The van der Waals surface area contributed by atoms with Crippen LogP contribution < -0.4 is 11.0 Å². The number of phenolic OH excluding ortho intramolecular Hbond substituents is 1. The highest BCUT2D eigenvalue weighted by atomic mass is 16.6. The third-order valence-corrected chi connectivity index (χ3v) is 4.31. The molecule has 0 bridgehead atoms. The number of carbonyl (C=O) groups excluding carboxylic acids is 1. The van der Waals surface area contributed by atoms with Crippen molar-refractivity contribution in [1.82, 2.24) is 9.99 Å². The van der Waals surface area contributed by atoms with Crippen molar-refractivity contribution in [3.63, 3.8) is 0 Å². The first-order valence-electron chi connectivity index (χ1n) is 8.91. The van der Waals surface area contributed by atoms with E-state index in [1.165, 1.54) is 22.9 Å². The van der Waals surface area contributed by atoms with Crippen molar-refractivity contribution in [2.45, 2.75) is 13.5 Å². The predicted octanol–water partition coefficient (Wildman–Crippen LogP) is 2.58. The summed E-state index contributed by atoms with van der Waals surface area (Å²) in [4.78, 5) is 35.1. The maximum atomic E-state index is 12.6. The van der Waals surface area contributed by atoms with Gasteiger partial charge in [0.15, 0.2) is 5.75 Å². The molecule has 152 valence electrons. The van der Waals surface area contributed by atoms with Gasteiger partial charge in [-0.15, -0.1) is 0 Å². The minimum Gasteiger partial charge on any atom is -0.502 e. The maximum absolute atomic E-state index is 12.6. The lowest BCUT2D eigenvalue weighted by Gasteiger charge is -2.08. The van der Waals surface area contributed by atoms with Gasteiger partial charge in [0.05, 0.1) is 17.7 Å². The number of phenols is 1. The maximum Gasteiger partial charge on any atom is 0.311 e. The number of nitro benzene ring substituents is 1. The molecule has 1 heterocycles. The summed E-state index contributed by atoms with van der Waals surface area (Å²) < 4.78 is 1.42. The Labute approximate surface area is 171 Å². The summed E-state index contributed by atoms with van der Waals surface area (Å²) in [6.07, 6.45) is 2.77. The van der Waals surface area contributed by atoms with Crippen LogP contribution in [-0.2, 0) is 6.54 Å². The van der Waals surface area contributed by atoms with Gasteiger partial charge in [-0.3, -0.25) is 19.7 Å². The first kappa shape index (κ1) is 20.5. The Morgan fingerprint density at radius 2 is 1.97 bits per heavy atom. The summed E-state index contributed by atoms with van der Waals surface area (Å²) in [5, 5.41) is 24.0. The average molecular weight is 406 g/mol. The van der Waals surface area contributed by atoms with E-state index in [4.69, 9.17) is 0 Å². The van der Waals surface area contributed by atoms with Gasteiger partial charge in [-0.05, 0) is 36.8 Å². The number of aryl methyl sites for hydroxylation is 1. The van der Waals surface area contributed by atoms with Crippen LogP contribution in [0.4, 0.5) is 5.69 Å². The molecular formula is C21H18N4O5. The Kier molecular flexibility index (Phi) is 6.02. The molecule has 0 spiro atoms. The van der Waals surface area contributed by atoms with Gasteiger partial charge < -0.3 is 9.67 Å². The quantitative estimate of drug-likeness (QED) is 0.370. The van der Waals surface area contributed by atoms with Gasteiger partial charge in [0, 0.05) is 17.8 Å². The van der Waals surface area contributed by atoms with E-state index in [0.717, 1.165) is 23.3 Å². The number of hydrogen-bond donors (Lipinski definition) is 2. The summed E-state index contributed by atoms with van der Waals surface area (Å²) in [5.74, 6) is -1.18. The number of amides is 1. The summed E-state index contributed by atoms with van der Waals surface area (Å²) in [6.45, 7) is 2.29. The van der Waals surface area contributed by atoms with Crippen LogP contribution in [0.3, 0.4) is 0 Å². The Bertz CT molecular complexity index is 1180. The van der Waals surface area contributed by atoms with E-state index in [0.29, 0.717) is 12.1 Å². The molecule has 1 aromatic heterocycles. The van der Waals surface area contributed by atoms with Crippen LogP contribution in [0.15, 0.2) is 70.7 Å². The van der Waals surface area contributed by atoms with Gasteiger partial charge in [0.2, 0.25) is 0 Å². The van der Waals surface area contributed by atoms with E-state index in [-0.39, 0.29) is 5.56 Å². The van der Waals surface area contributed by atoms with Crippen LogP contribution in [0.2, 0.25) is 0 Å². The number of nitrogens with one attached hydrogen (secondary N) is 1. The number of nitro groups is 1. The van der Waals surface area contributed by atoms with Crippen LogP contribution >= 0.6 is 0 Å². The van der Waals surface area contributed by atoms with E-state index in [2.05, 4.69) is 10.5 Å². The zero-order chi connectivity index (χ0) is 21.7. The molecule has 30 heavy (non-hydrogen) atoms. The Balaban J connectivity index is 1.73. The Morgan fingerprint density at radius 3 is 2.67 bits per heavy atom. The minimum atomic E-state index is -0.730. The number of pyridine rings is 1. The SMILES string of the molecule is Cc1ccc(Cn2cccc(C(=O)N/N=C\c3ccc(O)c([N+](=O)[O-])c3)c2=O)cc1. The Morgan fingerprint density at radius 1 is 1.23 bits per heavy atom. The molecule has 3 rings (SSSR count). The highest BCUT2D eigenvalue weighted by molar-refractivity contribution is 5.94. The molecule has 0 fully saturated rings. The van der Waals surface area contributed by atoms with Gasteiger partial charge in [-0.1, -0.05) is 29.8 Å². The standard InChI is InChI=1S/C21H18N4O5/c1-14-4-6-15(7-5-14)13-24-10-2-3-17(21(24)28)20(27)23-22-12-16-8-9-19(26)18(11-16)25(29)30/h2-12,26H,13H2,1H3,(H,23,27)/b22-12-. The molecular weight excluding hydrogens is 388 g/mol. The van der Waals surface area contributed by atoms with Crippen molar-refractivity contribution in [2.24, 2.45) is 5.10 Å². The largest absolute Gasteiger partial charge is 0.502 e. The van der Waals surface area contributed by atoms with Crippen molar-refractivity contribution in [3.8, 4) is 5.75 Å². The molecule has 0 aliphatic heterocycles. The van der Waals surface area contributed by atoms with Gasteiger partial charge in [0.1, 0.15) is 5.56 Å². The molecule has 2 N–H and O–H groups in total. The highest BCUT2D eigenvalue weighted by Crippen LogP contribution is 2.25. The van der Waals surface area contributed by atoms with Crippen molar-refractivity contribution in [1.29, 1.82) is 0 Å². The monoisotopic (exact) mass is 406 g/mol. The molecule has 0 saturated heterocycles. The van der Waals surface area contributed by atoms with Gasteiger partial charge in [-0.25, -0.2) is 5.43 Å². The number of hydrazone groups is 1. The van der Waals surface area contributed by atoms with E-state index >= 15 is 0 Å². The third-order valence-electron chi connectivity index (χ3n) is 4.31. The highest BCUT2D eigenvalue weighted by Gasteiger charge is 2.14. The fourth-order valence-electron chi connectivity index (χ4n) is 2.72. The zero-order valence-electron chi connectivity index (χ0n) is 16.0. The van der Waals surface area contributed by atoms with Gasteiger partial charge in [0.25, 0.3) is 11.5 Å². The number of carbonyl (C=O) groups is 1. The van der Waals surface area contributed by atoms with Crippen LogP contribution in [0.5, 0.6) is 5.75 Å². The number of benzene rings is 2. The lowest BCUT2D eigenvalue weighted by atomic mass is 10.1. The fourth-order valence-corrected chi connectivity index (χ4v) is 2.72. The van der Waals surface area contributed by atoms with E-state index in [1.807, 2.05) is 31.2 Å². The summed E-state index contributed by atoms with van der Waals surface area (Å²) in [6, 6.07) is 14.4. The molecule has 2 aromatic carbocycles. The number of rotatable bonds is 6. The second-order valence-electron chi connectivity index (χ2n) is 6.54. The fraction of sp³-hybridized carbons (Fsp3) is 0.0952. The second kappa shape index (κ2) is 8.82. The summed E-state index contributed by atoms with van der Waals surface area (Å²) in [5.41, 5.74) is 3.53. The molecule has 1 amide bonds. The molecule has 0 aliphatic rings. The van der Waals surface area contributed by atoms with Crippen molar-refractivity contribution < 1.29 is 14.8 Å². The second-order valence-corrected chi connectivity index (χ2v) is 6.54. The zero-order valence-corrected chi connectivity index (χ0v) is 16.0. The van der Waals surface area contributed by atoms with Gasteiger partial charge >= 0.3 is 5.69 Å². The molecule has 0 radical (unpaired) electrons. The topological polar surface area (TPSA) is 127 Å². The van der Waals surface area contributed by atoms with Crippen LogP contribution in [0.25, 0.3) is 0 Å². The van der Waals surface area contributed by atoms with Gasteiger partial charge in [-0.2, -0.15) is 5.10 Å². The first-order chi connectivity index (χ1) is 14.3. The van der Waals surface area contributed by atoms with Crippen LogP contribution in [0, 0.1) is 17.0 Å². The molecule has 0 atom stereocenters. The minimum absolute atomic E-state index is 0.0848. The number of aromatic nitrogens is 1. The normalized spacial score (nSPS) is 10.8. The number of aromatic hydroxyl groups is 1. The van der Waals surface area contributed by atoms with Crippen molar-refractivity contribution in [2.75, 3.05) is 0 Å². The first-order valence-corrected chi connectivity index (χ1v) is 8.91. The van der Waals surface area contributed by atoms with E-state index in [1.54, 1.807) is 12.3 Å². The smallest absolute Gasteiger partial charge is 0.311 e. The van der Waals surface area contributed by atoms with E-state index < -0.39 is 27.8 Å². The molecule has 0 saturated carbocycles. The van der Waals surface area contributed by atoms with Crippen molar-refractivity contribution in [3.05, 3.63) is 104 Å². The molecule has 9 heteroatoms. The molecule has 0 aliphatic carbocycles. The summed E-state index contributed by atoms with van der Waals surface area (Å²) >= 11 is 0. The Hall–Kier alpha value is -4.27. The molecule has 0 unspecified atom stereocenters.